The number of para-hydroxylation sites is 1. The van der Waals surface area contributed by atoms with Crippen LogP contribution in [0.25, 0.3) is 0 Å². The molecule has 0 aliphatic carbocycles. The highest BCUT2D eigenvalue weighted by Gasteiger charge is 2.18. The van der Waals surface area contributed by atoms with Crippen molar-refractivity contribution in [2.45, 2.75) is 13.5 Å². The Bertz CT molecular complexity index is 1290. The van der Waals surface area contributed by atoms with Gasteiger partial charge in [-0.3, -0.25) is 9.59 Å². The Balaban J connectivity index is 1.49. The van der Waals surface area contributed by atoms with E-state index in [2.05, 4.69) is 20.7 Å². The average Bonchev–Trinajstić information content (AvgIpc) is 3.38. The second-order valence-corrected chi connectivity index (χ2v) is 8.36. The van der Waals surface area contributed by atoms with Gasteiger partial charge in [0, 0.05) is 5.69 Å². The fourth-order valence-corrected chi connectivity index (χ4v) is 4.29. The molecule has 2 aromatic heterocycles. The van der Waals surface area contributed by atoms with E-state index in [1.165, 1.54) is 12.4 Å². The Hall–Kier alpha value is -3.56. The largest absolute Gasteiger partial charge is 0.321 e. The minimum atomic E-state index is -0.526. The third-order valence-corrected chi connectivity index (χ3v) is 6.07. The normalized spacial score (nSPS) is 10.7. The van der Waals surface area contributed by atoms with Gasteiger partial charge in [0.2, 0.25) is 0 Å². The quantitative estimate of drug-likeness (QED) is 0.416. The molecular weight excluding hydrogens is 453 g/mol. The van der Waals surface area contributed by atoms with Gasteiger partial charge in [-0.2, -0.15) is 5.10 Å². The van der Waals surface area contributed by atoms with Crippen molar-refractivity contribution in [2.75, 3.05) is 10.6 Å². The van der Waals surface area contributed by atoms with Crippen LogP contribution in [0.4, 0.5) is 15.1 Å². The van der Waals surface area contributed by atoms with E-state index in [9.17, 15) is 14.0 Å². The van der Waals surface area contributed by atoms with Crippen molar-refractivity contribution in [1.82, 2.24) is 14.8 Å². The molecular formula is C22H17ClFN5O2S. The van der Waals surface area contributed by atoms with E-state index in [4.69, 9.17) is 11.6 Å². The molecule has 0 aliphatic rings. The molecule has 0 atom stereocenters. The summed E-state index contributed by atoms with van der Waals surface area (Å²) in [5, 5.41) is 10.2. The minimum absolute atomic E-state index is 0.0118. The third-order valence-electron chi connectivity index (χ3n) is 4.60. The van der Waals surface area contributed by atoms with E-state index in [1.54, 1.807) is 24.0 Å². The Morgan fingerprint density at radius 1 is 1.12 bits per heavy atom. The number of halogens is 2. The molecule has 0 bridgehead atoms. The summed E-state index contributed by atoms with van der Waals surface area (Å²) in [5.74, 6) is -1.30. The highest BCUT2D eigenvalue weighted by atomic mass is 35.5. The van der Waals surface area contributed by atoms with E-state index in [0.717, 1.165) is 29.0 Å². The molecule has 2 aromatic carbocycles. The maximum atomic E-state index is 13.2. The molecule has 7 nitrogen and oxygen atoms in total. The predicted molar refractivity (Wildman–Crippen MR) is 122 cm³/mol. The van der Waals surface area contributed by atoms with Gasteiger partial charge >= 0.3 is 0 Å². The van der Waals surface area contributed by atoms with Gasteiger partial charge in [-0.05, 0) is 48.4 Å². The fourth-order valence-electron chi connectivity index (χ4n) is 3.07. The monoisotopic (exact) mass is 469 g/mol. The number of carbonyl (C=O) groups is 2. The zero-order valence-electron chi connectivity index (χ0n) is 16.8. The topological polar surface area (TPSA) is 88.9 Å². The molecule has 0 fully saturated rings. The molecule has 0 radical (unpaired) electrons. The summed E-state index contributed by atoms with van der Waals surface area (Å²) in [7, 11) is 0. The molecule has 162 valence electrons. The molecule has 2 heterocycles. The number of amides is 2. The molecule has 10 heteroatoms. The van der Waals surface area contributed by atoms with Crippen LogP contribution in [0.2, 0.25) is 5.02 Å². The van der Waals surface area contributed by atoms with Gasteiger partial charge in [-0.1, -0.05) is 29.8 Å². The first kappa shape index (κ1) is 21.7. The van der Waals surface area contributed by atoms with Crippen LogP contribution in [0.5, 0.6) is 0 Å². The van der Waals surface area contributed by atoms with Crippen molar-refractivity contribution in [2.24, 2.45) is 0 Å². The van der Waals surface area contributed by atoms with Crippen molar-refractivity contribution in [1.29, 1.82) is 0 Å². The van der Waals surface area contributed by atoms with Crippen LogP contribution in [-0.4, -0.2) is 26.6 Å². The number of carbonyl (C=O) groups excluding carboxylic acids is 2. The summed E-state index contributed by atoms with van der Waals surface area (Å²) in [6.45, 7) is 2.24. The van der Waals surface area contributed by atoms with E-state index in [0.29, 0.717) is 27.7 Å². The molecule has 0 saturated heterocycles. The Kier molecular flexibility index (Phi) is 6.29. The smallest absolute Gasteiger partial charge is 0.266 e. The number of aryl methyl sites for hydroxylation is 1. The highest BCUT2D eigenvalue weighted by molar-refractivity contribution is 7.18. The second-order valence-electron chi connectivity index (χ2n) is 6.91. The maximum absolute atomic E-state index is 13.2. The number of anilines is 2. The van der Waals surface area contributed by atoms with Crippen LogP contribution in [0.3, 0.4) is 0 Å². The molecule has 4 aromatic rings. The molecule has 32 heavy (non-hydrogen) atoms. The summed E-state index contributed by atoms with van der Waals surface area (Å²) in [6, 6.07) is 12.7. The van der Waals surface area contributed by atoms with Crippen molar-refractivity contribution in [3.05, 3.63) is 93.6 Å². The second kappa shape index (κ2) is 9.29. The summed E-state index contributed by atoms with van der Waals surface area (Å²) in [4.78, 5) is 29.8. The van der Waals surface area contributed by atoms with E-state index < -0.39 is 11.7 Å². The molecule has 0 aliphatic heterocycles. The molecule has 2 amide bonds. The van der Waals surface area contributed by atoms with Gasteiger partial charge in [0.1, 0.15) is 18.5 Å². The van der Waals surface area contributed by atoms with Gasteiger partial charge in [0.05, 0.1) is 27.0 Å². The van der Waals surface area contributed by atoms with Gasteiger partial charge in [0.15, 0.2) is 0 Å². The van der Waals surface area contributed by atoms with Crippen LogP contribution in [-0.2, 0) is 6.54 Å². The van der Waals surface area contributed by atoms with Gasteiger partial charge in [-0.25, -0.2) is 14.1 Å². The van der Waals surface area contributed by atoms with Gasteiger partial charge < -0.3 is 10.6 Å². The summed E-state index contributed by atoms with van der Waals surface area (Å²) >= 11 is 7.10. The van der Waals surface area contributed by atoms with Crippen molar-refractivity contribution < 1.29 is 14.0 Å². The first-order valence-electron chi connectivity index (χ1n) is 9.49. The summed E-state index contributed by atoms with van der Waals surface area (Å²) in [6.07, 6.45) is 3.05. The number of hydrogen-bond acceptors (Lipinski definition) is 5. The number of thiophene rings is 1. The standard InChI is InChI=1S/C22H17ClFN5O2S/c1-13-8-19(28-21(30)16-7-6-15(24)9-17(16)23)32-20(13)22(31)27-18-5-3-2-4-14(18)10-29-12-25-11-26-29/h2-9,11-12H,10H2,1H3,(H,27,31)(H,28,30). The Morgan fingerprint density at radius 3 is 2.69 bits per heavy atom. The SMILES string of the molecule is Cc1cc(NC(=O)c2ccc(F)cc2Cl)sc1C(=O)Nc1ccccc1Cn1cncn1. The summed E-state index contributed by atoms with van der Waals surface area (Å²) in [5.41, 5.74) is 2.39. The Morgan fingerprint density at radius 2 is 1.94 bits per heavy atom. The van der Waals surface area contributed by atoms with Gasteiger partial charge in [-0.15, -0.1) is 11.3 Å². The van der Waals surface area contributed by atoms with Crippen molar-refractivity contribution >= 4 is 45.4 Å². The fraction of sp³-hybridized carbons (Fsp3) is 0.0909. The van der Waals surface area contributed by atoms with Crippen molar-refractivity contribution in [3.8, 4) is 0 Å². The molecule has 4 rings (SSSR count). The van der Waals surface area contributed by atoms with E-state index >= 15 is 0 Å². The average molecular weight is 470 g/mol. The molecule has 2 N–H and O–H groups in total. The molecule has 0 saturated carbocycles. The van der Waals surface area contributed by atoms with Crippen LogP contribution < -0.4 is 10.6 Å². The number of benzene rings is 2. The lowest BCUT2D eigenvalue weighted by Gasteiger charge is -2.10. The van der Waals surface area contributed by atoms with Crippen molar-refractivity contribution in [3.63, 3.8) is 0 Å². The minimum Gasteiger partial charge on any atom is -0.321 e. The van der Waals surface area contributed by atoms with Crippen LogP contribution in [0, 0.1) is 12.7 Å². The van der Waals surface area contributed by atoms with E-state index in [1.807, 2.05) is 24.3 Å². The Labute approximate surface area is 191 Å². The number of hydrogen-bond donors (Lipinski definition) is 2. The summed E-state index contributed by atoms with van der Waals surface area (Å²) < 4.78 is 14.9. The lowest BCUT2D eigenvalue weighted by atomic mass is 10.1. The molecule has 0 unspecified atom stereocenters. The number of nitrogens with zero attached hydrogens (tertiary/aromatic N) is 3. The number of rotatable bonds is 6. The zero-order valence-corrected chi connectivity index (χ0v) is 18.4. The number of nitrogens with one attached hydrogen (secondary N) is 2. The zero-order chi connectivity index (χ0) is 22.7. The number of aromatic nitrogens is 3. The van der Waals surface area contributed by atoms with Gasteiger partial charge in [0.25, 0.3) is 11.8 Å². The lowest BCUT2D eigenvalue weighted by Crippen LogP contribution is -2.14. The lowest BCUT2D eigenvalue weighted by molar-refractivity contribution is 0.102. The first-order chi connectivity index (χ1) is 15.4. The van der Waals surface area contributed by atoms with Crippen LogP contribution >= 0.6 is 22.9 Å². The highest BCUT2D eigenvalue weighted by Crippen LogP contribution is 2.29. The third kappa shape index (κ3) is 4.84. The predicted octanol–water partition coefficient (Wildman–Crippen LogP) is 4.99. The van der Waals surface area contributed by atoms with Crippen LogP contribution in [0.1, 0.15) is 31.2 Å². The maximum Gasteiger partial charge on any atom is 0.266 e. The molecule has 0 spiro atoms. The first-order valence-corrected chi connectivity index (χ1v) is 10.7. The van der Waals surface area contributed by atoms with Crippen LogP contribution in [0.15, 0.2) is 61.2 Å². The van der Waals surface area contributed by atoms with E-state index in [-0.39, 0.29) is 16.5 Å².